The Kier molecular flexibility index (Phi) is 4.37. The Morgan fingerprint density at radius 3 is 2.58 bits per heavy atom. The standard InChI is InChI=1S/C18H17N3O3/c1-2-14(22)15-16(13-5-3-4-8-20-13)21(18(24)17(15)23)11-12-6-9-19-10-7-12/h3-10,16,23H,2,11H2,1H3. The largest absolute Gasteiger partial charge is 0.503 e. The first-order chi connectivity index (χ1) is 11.6. The first kappa shape index (κ1) is 15.9. The van der Waals surface area contributed by atoms with Crippen molar-refractivity contribution in [3.8, 4) is 0 Å². The van der Waals surface area contributed by atoms with Gasteiger partial charge in [-0.25, -0.2) is 0 Å². The molecule has 2 aromatic rings. The smallest absolute Gasteiger partial charge is 0.290 e. The van der Waals surface area contributed by atoms with Crippen molar-refractivity contribution in [3.63, 3.8) is 0 Å². The van der Waals surface area contributed by atoms with Gasteiger partial charge >= 0.3 is 0 Å². The molecule has 3 rings (SSSR count). The number of aliphatic hydroxyl groups is 1. The Labute approximate surface area is 139 Å². The van der Waals surface area contributed by atoms with Crippen LogP contribution in [0, 0.1) is 0 Å². The van der Waals surface area contributed by atoms with Crippen LogP contribution in [0.1, 0.15) is 30.6 Å². The maximum atomic E-state index is 12.5. The summed E-state index contributed by atoms with van der Waals surface area (Å²) >= 11 is 0. The molecule has 24 heavy (non-hydrogen) atoms. The van der Waals surface area contributed by atoms with E-state index in [2.05, 4.69) is 9.97 Å². The minimum atomic E-state index is -0.681. The molecule has 0 radical (unpaired) electrons. The molecule has 0 saturated heterocycles. The predicted molar refractivity (Wildman–Crippen MR) is 86.7 cm³/mol. The van der Waals surface area contributed by atoms with Crippen molar-refractivity contribution < 1.29 is 14.7 Å². The zero-order valence-electron chi connectivity index (χ0n) is 13.2. The molecule has 6 nitrogen and oxygen atoms in total. The number of aromatic nitrogens is 2. The molecule has 2 aromatic heterocycles. The van der Waals surface area contributed by atoms with E-state index >= 15 is 0 Å². The van der Waals surface area contributed by atoms with E-state index in [0.717, 1.165) is 5.56 Å². The molecule has 6 heteroatoms. The van der Waals surface area contributed by atoms with Crippen LogP contribution in [-0.2, 0) is 16.1 Å². The number of hydrogen-bond acceptors (Lipinski definition) is 5. The van der Waals surface area contributed by atoms with Gasteiger partial charge in [-0.2, -0.15) is 0 Å². The normalized spacial score (nSPS) is 17.5. The zero-order chi connectivity index (χ0) is 17.1. The summed E-state index contributed by atoms with van der Waals surface area (Å²) in [5.74, 6) is -1.29. The molecule has 0 aromatic carbocycles. The molecule has 1 aliphatic heterocycles. The number of carbonyl (C=O) groups is 2. The number of Topliss-reactive ketones (excluding diaryl/α,β-unsaturated/α-hetero) is 1. The minimum Gasteiger partial charge on any atom is -0.503 e. The van der Waals surface area contributed by atoms with Crippen molar-refractivity contribution in [3.05, 3.63) is 71.5 Å². The van der Waals surface area contributed by atoms with Crippen LogP contribution in [0.15, 0.2) is 60.3 Å². The molecule has 0 aliphatic carbocycles. The summed E-state index contributed by atoms with van der Waals surface area (Å²) in [6.07, 6.45) is 5.08. The van der Waals surface area contributed by atoms with Crippen molar-refractivity contribution in [2.75, 3.05) is 0 Å². The fraction of sp³-hybridized carbons (Fsp3) is 0.222. The molecule has 0 fully saturated rings. The third-order valence-corrected chi connectivity index (χ3v) is 4.00. The van der Waals surface area contributed by atoms with Gasteiger partial charge in [0.05, 0.1) is 11.3 Å². The van der Waals surface area contributed by atoms with E-state index in [0.29, 0.717) is 5.69 Å². The molecule has 122 valence electrons. The van der Waals surface area contributed by atoms with Crippen LogP contribution in [0.3, 0.4) is 0 Å². The van der Waals surface area contributed by atoms with E-state index in [4.69, 9.17) is 0 Å². The lowest BCUT2D eigenvalue weighted by Crippen LogP contribution is -2.31. The highest BCUT2D eigenvalue weighted by molar-refractivity contribution is 6.08. The second-order valence-corrected chi connectivity index (χ2v) is 5.48. The van der Waals surface area contributed by atoms with Crippen LogP contribution in [0.2, 0.25) is 0 Å². The fourth-order valence-corrected chi connectivity index (χ4v) is 2.82. The van der Waals surface area contributed by atoms with Crippen LogP contribution in [-0.4, -0.2) is 31.7 Å². The molecule has 1 amide bonds. The Morgan fingerprint density at radius 2 is 1.96 bits per heavy atom. The van der Waals surface area contributed by atoms with Gasteiger partial charge in [0.15, 0.2) is 11.5 Å². The molecule has 1 N–H and O–H groups in total. The highest BCUT2D eigenvalue weighted by Crippen LogP contribution is 2.38. The van der Waals surface area contributed by atoms with Crippen molar-refractivity contribution in [1.82, 2.24) is 14.9 Å². The number of nitrogens with zero attached hydrogens (tertiary/aromatic N) is 3. The number of hydrogen-bond donors (Lipinski definition) is 1. The van der Waals surface area contributed by atoms with Crippen LogP contribution in [0.25, 0.3) is 0 Å². The van der Waals surface area contributed by atoms with Crippen LogP contribution in [0.5, 0.6) is 0 Å². The third-order valence-electron chi connectivity index (χ3n) is 4.00. The summed E-state index contributed by atoms with van der Waals surface area (Å²) in [6, 6.07) is 8.20. The molecular weight excluding hydrogens is 306 g/mol. The van der Waals surface area contributed by atoms with Gasteiger partial charge in [0.25, 0.3) is 5.91 Å². The Bertz CT molecular complexity index is 788. The SMILES string of the molecule is CCC(=O)C1=C(O)C(=O)N(Cc2ccncc2)C1c1ccccn1. The first-order valence-corrected chi connectivity index (χ1v) is 7.70. The maximum Gasteiger partial charge on any atom is 0.290 e. The fourth-order valence-electron chi connectivity index (χ4n) is 2.82. The summed E-state index contributed by atoms with van der Waals surface area (Å²) < 4.78 is 0. The molecule has 0 spiro atoms. The van der Waals surface area contributed by atoms with E-state index < -0.39 is 17.7 Å². The lowest BCUT2D eigenvalue weighted by molar-refractivity contribution is -0.130. The van der Waals surface area contributed by atoms with Gasteiger partial charge in [0.2, 0.25) is 0 Å². The molecule has 1 unspecified atom stereocenters. The van der Waals surface area contributed by atoms with Crippen molar-refractivity contribution >= 4 is 11.7 Å². The van der Waals surface area contributed by atoms with Gasteiger partial charge in [-0.15, -0.1) is 0 Å². The number of ketones is 1. The van der Waals surface area contributed by atoms with Gasteiger partial charge in [-0.3, -0.25) is 19.6 Å². The summed E-state index contributed by atoms with van der Waals surface area (Å²) in [7, 11) is 0. The second kappa shape index (κ2) is 6.62. The van der Waals surface area contributed by atoms with Gasteiger partial charge in [-0.05, 0) is 29.8 Å². The van der Waals surface area contributed by atoms with Gasteiger partial charge in [-0.1, -0.05) is 13.0 Å². The monoisotopic (exact) mass is 323 g/mol. The second-order valence-electron chi connectivity index (χ2n) is 5.48. The van der Waals surface area contributed by atoms with Crippen molar-refractivity contribution in [1.29, 1.82) is 0 Å². The number of rotatable bonds is 5. The highest BCUT2D eigenvalue weighted by atomic mass is 16.3. The van der Waals surface area contributed by atoms with Gasteiger partial charge in [0.1, 0.15) is 6.04 Å². The maximum absolute atomic E-state index is 12.5. The number of carbonyl (C=O) groups excluding carboxylic acids is 2. The molecular formula is C18H17N3O3. The molecule has 1 atom stereocenters. The quantitative estimate of drug-likeness (QED) is 0.913. The van der Waals surface area contributed by atoms with E-state index in [9.17, 15) is 14.7 Å². The molecule has 0 saturated carbocycles. The van der Waals surface area contributed by atoms with E-state index in [1.54, 1.807) is 55.8 Å². The topological polar surface area (TPSA) is 83.4 Å². The van der Waals surface area contributed by atoms with Crippen LogP contribution >= 0.6 is 0 Å². The Hall–Kier alpha value is -3.02. The van der Waals surface area contributed by atoms with E-state index in [1.807, 2.05) is 0 Å². The summed E-state index contributed by atoms with van der Waals surface area (Å²) in [5.41, 5.74) is 1.54. The molecule has 1 aliphatic rings. The first-order valence-electron chi connectivity index (χ1n) is 7.70. The summed E-state index contributed by atoms with van der Waals surface area (Å²) in [5, 5.41) is 10.3. The molecule has 3 heterocycles. The molecule has 0 bridgehead atoms. The van der Waals surface area contributed by atoms with Crippen molar-refractivity contribution in [2.24, 2.45) is 0 Å². The third kappa shape index (κ3) is 2.78. The highest BCUT2D eigenvalue weighted by Gasteiger charge is 2.43. The summed E-state index contributed by atoms with van der Waals surface area (Å²) in [6.45, 7) is 1.96. The predicted octanol–water partition coefficient (Wildman–Crippen LogP) is 2.35. The average molecular weight is 323 g/mol. The van der Waals surface area contributed by atoms with E-state index in [1.165, 1.54) is 4.90 Å². The Balaban J connectivity index is 2.04. The minimum absolute atomic E-state index is 0.121. The number of aliphatic hydroxyl groups excluding tert-OH is 1. The van der Waals surface area contributed by atoms with Crippen molar-refractivity contribution in [2.45, 2.75) is 25.9 Å². The zero-order valence-corrected chi connectivity index (χ0v) is 13.2. The average Bonchev–Trinajstić information content (AvgIpc) is 2.87. The Morgan fingerprint density at radius 1 is 1.21 bits per heavy atom. The lowest BCUT2D eigenvalue weighted by atomic mass is 9.98. The van der Waals surface area contributed by atoms with Gasteiger partial charge in [0, 0.05) is 31.6 Å². The number of pyridine rings is 2. The van der Waals surface area contributed by atoms with Crippen LogP contribution < -0.4 is 0 Å². The van der Waals surface area contributed by atoms with Gasteiger partial charge < -0.3 is 10.0 Å². The van der Waals surface area contributed by atoms with Crippen LogP contribution in [0.4, 0.5) is 0 Å². The lowest BCUT2D eigenvalue weighted by Gasteiger charge is -2.26. The number of amides is 1. The summed E-state index contributed by atoms with van der Waals surface area (Å²) in [4.78, 5) is 34.6. The van der Waals surface area contributed by atoms with E-state index in [-0.39, 0.29) is 24.3 Å².